The van der Waals surface area contributed by atoms with Crippen molar-refractivity contribution in [1.29, 1.82) is 0 Å². The average molecular weight is 483 g/mol. The molecule has 0 amide bonds. The van der Waals surface area contributed by atoms with Crippen LogP contribution in [0.1, 0.15) is 65.2 Å². The quantitative estimate of drug-likeness (QED) is 0.110. The summed E-state index contributed by atoms with van der Waals surface area (Å²) in [6.45, 7) is 4.33. The van der Waals surface area contributed by atoms with Crippen LogP contribution >= 0.6 is 0 Å². The molecule has 0 aromatic rings. The summed E-state index contributed by atoms with van der Waals surface area (Å²) >= 11 is 0. The topological polar surface area (TPSA) is 149 Å². The molecule has 200 valence electrons. The van der Waals surface area contributed by atoms with E-state index in [2.05, 4.69) is 13.8 Å². The number of rotatable bonds is 24. The second-order valence-electron chi connectivity index (χ2n) is 8.70. The van der Waals surface area contributed by atoms with Gasteiger partial charge in [-0.15, -0.1) is 0 Å². The van der Waals surface area contributed by atoms with Crippen LogP contribution in [-0.4, -0.2) is 108 Å². The first-order valence-corrected chi connectivity index (χ1v) is 12.6. The Hall–Kier alpha value is -0.360. The van der Waals surface area contributed by atoms with Crippen molar-refractivity contribution in [2.24, 2.45) is 11.8 Å². The highest BCUT2D eigenvalue weighted by Gasteiger charge is 2.48. The molecule has 0 aliphatic heterocycles. The second-order valence-corrected chi connectivity index (χ2v) is 8.70. The normalized spacial score (nSPS) is 17.5. The molecule has 0 heterocycles. The Morgan fingerprint density at radius 1 is 0.636 bits per heavy atom. The fourth-order valence-corrected chi connectivity index (χ4v) is 4.26. The van der Waals surface area contributed by atoms with E-state index in [9.17, 15) is 25.5 Å². The van der Waals surface area contributed by atoms with Gasteiger partial charge in [-0.05, 0) is 12.8 Å². The molecule has 0 saturated carbocycles. The van der Waals surface area contributed by atoms with E-state index in [-0.39, 0.29) is 33.0 Å². The van der Waals surface area contributed by atoms with Crippen molar-refractivity contribution < 1.29 is 44.8 Å². The minimum Gasteiger partial charge on any atom is -0.394 e. The van der Waals surface area contributed by atoms with Gasteiger partial charge in [0.25, 0.3) is 0 Å². The Kier molecular flexibility index (Phi) is 20.7. The molecule has 9 heteroatoms. The van der Waals surface area contributed by atoms with Crippen LogP contribution in [0.3, 0.4) is 0 Å². The van der Waals surface area contributed by atoms with E-state index in [0.29, 0.717) is 26.1 Å². The van der Waals surface area contributed by atoms with E-state index < -0.39 is 42.9 Å². The zero-order valence-electron chi connectivity index (χ0n) is 20.7. The highest BCUT2D eigenvalue weighted by atomic mass is 16.5. The monoisotopic (exact) mass is 482 g/mol. The van der Waals surface area contributed by atoms with E-state index in [1.165, 1.54) is 0 Å². The fourth-order valence-electron chi connectivity index (χ4n) is 4.26. The summed E-state index contributed by atoms with van der Waals surface area (Å²) in [4.78, 5) is 0. The predicted octanol–water partition coefficient (Wildman–Crippen LogP) is 0.859. The maximum atomic E-state index is 11.9. The lowest BCUT2D eigenvalue weighted by Gasteiger charge is -2.45. The number of hydrogen-bond donors (Lipinski definition) is 6. The summed E-state index contributed by atoms with van der Waals surface area (Å²) in [5.74, 6) is -1.43. The molecular weight excluding hydrogens is 432 g/mol. The van der Waals surface area contributed by atoms with Crippen molar-refractivity contribution in [1.82, 2.24) is 0 Å². The van der Waals surface area contributed by atoms with Crippen LogP contribution in [0.15, 0.2) is 0 Å². The van der Waals surface area contributed by atoms with Gasteiger partial charge in [-0.2, -0.15) is 0 Å². The Morgan fingerprint density at radius 3 is 1.45 bits per heavy atom. The fraction of sp³-hybridized carbons (Fsp3) is 1.00. The first-order chi connectivity index (χ1) is 15.9. The average Bonchev–Trinajstić information content (AvgIpc) is 2.82. The van der Waals surface area contributed by atoms with Crippen LogP contribution in [0, 0.1) is 11.8 Å². The summed E-state index contributed by atoms with van der Waals surface area (Å²) in [5.41, 5.74) is -1.63. The lowest BCUT2D eigenvalue weighted by molar-refractivity contribution is -0.186. The van der Waals surface area contributed by atoms with Crippen molar-refractivity contribution in [3.63, 3.8) is 0 Å². The zero-order valence-corrected chi connectivity index (χ0v) is 20.7. The minimum absolute atomic E-state index is 0.0417. The molecule has 0 radical (unpaired) electrons. The number of ether oxygens (including phenoxy) is 3. The molecule has 0 aliphatic rings. The van der Waals surface area contributed by atoms with Crippen LogP contribution in [0.25, 0.3) is 0 Å². The smallest absolute Gasteiger partial charge is 0.0986 e. The molecule has 33 heavy (non-hydrogen) atoms. The Bertz CT molecular complexity index is 401. The van der Waals surface area contributed by atoms with Gasteiger partial charge in [-0.3, -0.25) is 0 Å². The molecule has 0 fully saturated rings. The summed E-state index contributed by atoms with van der Waals surface area (Å²) in [6, 6.07) is 0. The van der Waals surface area contributed by atoms with Gasteiger partial charge >= 0.3 is 0 Å². The van der Waals surface area contributed by atoms with Gasteiger partial charge in [0.05, 0.1) is 77.3 Å². The van der Waals surface area contributed by atoms with Crippen LogP contribution < -0.4 is 0 Å². The van der Waals surface area contributed by atoms with E-state index in [1.807, 2.05) is 0 Å². The van der Waals surface area contributed by atoms with Crippen molar-refractivity contribution in [2.45, 2.75) is 83.0 Å². The summed E-state index contributed by atoms with van der Waals surface area (Å²) in [5, 5.41) is 61.1. The zero-order chi connectivity index (χ0) is 25.0. The molecule has 0 aliphatic carbocycles. The minimum atomic E-state index is -1.63. The van der Waals surface area contributed by atoms with Crippen LogP contribution in [0.4, 0.5) is 0 Å². The third-order valence-corrected chi connectivity index (χ3v) is 6.14. The maximum Gasteiger partial charge on any atom is 0.0986 e. The van der Waals surface area contributed by atoms with Crippen LogP contribution in [0.2, 0.25) is 0 Å². The van der Waals surface area contributed by atoms with Gasteiger partial charge in [-0.25, -0.2) is 0 Å². The van der Waals surface area contributed by atoms with Crippen molar-refractivity contribution in [2.75, 3.05) is 59.5 Å². The predicted molar refractivity (Wildman–Crippen MR) is 126 cm³/mol. The summed E-state index contributed by atoms with van der Waals surface area (Å²) in [7, 11) is 0. The number of hydrogen-bond acceptors (Lipinski definition) is 9. The van der Waals surface area contributed by atoms with Gasteiger partial charge in [0, 0.05) is 11.8 Å². The molecule has 0 rings (SSSR count). The second kappa shape index (κ2) is 21.0. The Morgan fingerprint density at radius 2 is 1.06 bits per heavy atom. The molecule has 0 saturated heterocycles. The highest BCUT2D eigenvalue weighted by molar-refractivity contribution is 4.98. The van der Waals surface area contributed by atoms with Gasteiger partial charge in [0.15, 0.2) is 0 Å². The van der Waals surface area contributed by atoms with E-state index >= 15 is 0 Å². The lowest BCUT2D eigenvalue weighted by Crippen LogP contribution is -2.57. The molecule has 0 spiro atoms. The van der Waals surface area contributed by atoms with Crippen molar-refractivity contribution in [3.05, 3.63) is 0 Å². The van der Waals surface area contributed by atoms with Gasteiger partial charge < -0.3 is 44.8 Å². The largest absolute Gasteiger partial charge is 0.394 e. The maximum absolute atomic E-state index is 11.9. The van der Waals surface area contributed by atoms with E-state index in [4.69, 9.17) is 19.3 Å². The molecule has 9 nitrogen and oxygen atoms in total. The summed E-state index contributed by atoms with van der Waals surface area (Å²) < 4.78 is 16.3. The molecule has 4 unspecified atom stereocenters. The molecule has 0 aromatic carbocycles. The van der Waals surface area contributed by atoms with Gasteiger partial charge in [-0.1, -0.05) is 52.4 Å². The molecule has 0 bridgehead atoms. The first-order valence-electron chi connectivity index (χ1n) is 12.6. The van der Waals surface area contributed by atoms with E-state index in [1.54, 1.807) is 0 Å². The SMILES string of the molecule is CCCCCC(C(O)CO)C(O)(COCCOCCOCCO)C(CCCCC)C(O)CO. The third-order valence-electron chi connectivity index (χ3n) is 6.14. The molecule has 4 atom stereocenters. The third kappa shape index (κ3) is 13.3. The molecule has 0 aromatic heterocycles. The van der Waals surface area contributed by atoms with Crippen molar-refractivity contribution >= 4 is 0 Å². The molecule has 6 N–H and O–H groups in total. The van der Waals surface area contributed by atoms with E-state index in [0.717, 1.165) is 38.5 Å². The summed E-state index contributed by atoms with van der Waals surface area (Å²) in [6.07, 6.45) is 3.88. The number of aliphatic hydroxyl groups is 6. The number of unbranched alkanes of at least 4 members (excludes halogenated alkanes) is 4. The molecular formula is C24H50O9. The lowest BCUT2D eigenvalue weighted by atomic mass is 9.69. The van der Waals surface area contributed by atoms with Crippen LogP contribution in [-0.2, 0) is 14.2 Å². The standard InChI is InChI=1S/C24H50O9/c1-3-5-7-9-20(22(28)17-26)24(30,21(23(29)18-27)10-8-6-4-2)19-33-16-15-32-14-13-31-12-11-25/h20-23,25-30H,3-19H2,1-2H3. The Balaban J connectivity index is 5.33. The van der Waals surface area contributed by atoms with Crippen LogP contribution in [0.5, 0.6) is 0 Å². The number of aliphatic hydroxyl groups excluding tert-OH is 5. The van der Waals surface area contributed by atoms with Gasteiger partial charge in [0.2, 0.25) is 0 Å². The van der Waals surface area contributed by atoms with Crippen molar-refractivity contribution in [3.8, 4) is 0 Å². The first kappa shape index (κ1) is 32.6. The Labute approximate surface area is 199 Å². The highest BCUT2D eigenvalue weighted by Crippen LogP contribution is 2.38. The van der Waals surface area contributed by atoms with Gasteiger partial charge in [0.1, 0.15) is 0 Å².